The van der Waals surface area contributed by atoms with Crippen molar-refractivity contribution >= 4 is 21.6 Å². The highest BCUT2D eigenvalue weighted by atomic mass is 32.2. The van der Waals surface area contributed by atoms with E-state index < -0.39 is 9.84 Å². The quantitative estimate of drug-likeness (QED) is 0.791. The van der Waals surface area contributed by atoms with Crippen LogP contribution in [0, 0.1) is 6.92 Å². The number of nitrogens with zero attached hydrogens (tertiary/aromatic N) is 1. The van der Waals surface area contributed by atoms with Crippen LogP contribution in [0.1, 0.15) is 11.1 Å². The Morgan fingerprint density at radius 2 is 2.18 bits per heavy atom. The average Bonchev–Trinajstić information content (AvgIpc) is 2.20. The minimum atomic E-state index is -2.88. The third-order valence-corrected chi connectivity index (χ3v) is 4.47. The Kier molecular flexibility index (Phi) is 5.42. The highest BCUT2D eigenvalue weighted by Crippen LogP contribution is 2.20. The summed E-state index contributed by atoms with van der Waals surface area (Å²) in [5.41, 5.74) is 2.23. The van der Waals surface area contributed by atoms with Gasteiger partial charge in [-0.05, 0) is 25.1 Å². The lowest BCUT2D eigenvalue weighted by Gasteiger charge is -2.06. The summed E-state index contributed by atoms with van der Waals surface area (Å²) in [6.45, 7) is 2.79. The Labute approximate surface area is 107 Å². The molecule has 0 amide bonds. The molecule has 1 rings (SSSR count). The average molecular weight is 274 g/mol. The lowest BCUT2D eigenvalue weighted by molar-refractivity contribution is 0.603. The molecule has 0 aliphatic heterocycles. The first-order valence-corrected chi connectivity index (χ1v) is 8.37. The van der Waals surface area contributed by atoms with Gasteiger partial charge in [0.1, 0.15) is 9.84 Å². The maximum absolute atomic E-state index is 11.0. The molecule has 6 heteroatoms. The summed E-state index contributed by atoms with van der Waals surface area (Å²) < 4.78 is 22.0. The molecule has 0 saturated carbocycles. The van der Waals surface area contributed by atoms with Crippen LogP contribution in [-0.2, 0) is 16.4 Å². The van der Waals surface area contributed by atoms with Crippen molar-refractivity contribution in [2.45, 2.75) is 18.5 Å². The van der Waals surface area contributed by atoms with Crippen LogP contribution >= 0.6 is 11.8 Å². The number of rotatable bonds is 6. The number of hydrogen-bond donors (Lipinski definition) is 1. The second-order valence-corrected chi connectivity index (χ2v) is 7.32. The van der Waals surface area contributed by atoms with Crippen LogP contribution in [0.5, 0.6) is 0 Å². The van der Waals surface area contributed by atoms with E-state index in [1.807, 2.05) is 20.2 Å². The van der Waals surface area contributed by atoms with E-state index in [-0.39, 0.29) is 5.75 Å². The van der Waals surface area contributed by atoms with Crippen molar-refractivity contribution < 1.29 is 8.42 Å². The van der Waals surface area contributed by atoms with Gasteiger partial charge in [0.25, 0.3) is 0 Å². The van der Waals surface area contributed by atoms with E-state index in [4.69, 9.17) is 0 Å². The van der Waals surface area contributed by atoms with Crippen molar-refractivity contribution in [2.24, 2.45) is 0 Å². The van der Waals surface area contributed by atoms with Gasteiger partial charge in [0, 0.05) is 24.8 Å². The molecule has 17 heavy (non-hydrogen) atoms. The minimum absolute atomic E-state index is 0.192. The number of aryl methyl sites for hydroxylation is 1. The molecule has 0 aromatic carbocycles. The number of nitrogens with one attached hydrogen (secondary N) is 1. The number of sulfone groups is 1. The molecule has 1 heterocycles. The third-order valence-electron chi connectivity index (χ3n) is 2.16. The van der Waals surface area contributed by atoms with Gasteiger partial charge in [-0.1, -0.05) is 6.07 Å². The molecule has 0 saturated heterocycles. The third kappa shape index (κ3) is 5.52. The molecule has 4 nitrogen and oxygen atoms in total. The summed E-state index contributed by atoms with van der Waals surface area (Å²) in [4.78, 5) is 4.34. The summed E-state index contributed by atoms with van der Waals surface area (Å²) in [6, 6.07) is 2.08. The normalized spacial score (nSPS) is 11.7. The number of thioether (sulfide) groups is 1. The fraction of sp³-hybridized carbons (Fsp3) is 0.545. The van der Waals surface area contributed by atoms with Crippen molar-refractivity contribution in [1.82, 2.24) is 10.3 Å². The molecule has 0 aliphatic rings. The fourth-order valence-electron chi connectivity index (χ4n) is 1.36. The number of hydrogen-bond acceptors (Lipinski definition) is 5. The number of pyridine rings is 1. The highest BCUT2D eigenvalue weighted by Gasteiger charge is 2.06. The van der Waals surface area contributed by atoms with Crippen molar-refractivity contribution in [1.29, 1.82) is 0 Å². The van der Waals surface area contributed by atoms with Crippen LogP contribution in [0.2, 0.25) is 0 Å². The van der Waals surface area contributed by atoms with Gasteiger partial charge in [0.05, 0.1) is 10.8 Å². The maximum Gasteiger partial charge on any atom is 0.148 e. The predicted octanol–water partition coefficient (Wildman–Crippen LogP) is 1.25. The zero-order chi connectivity index (χ0) is 12.9. The monoisotopic (exact) mass is 274 g/mol. The molecular weight excluding hydrogens is 256 g/mol. The zero-order valence-electron chi connectivity index (χ0n) is 10.4. The molecule has 96 valence electrons. The van der Waals surface area contributed by atoms with Crippen molar-refractivity contribution in [2.75, 3.05) is 24.8 Å². The second-order valence-electron chi connectivity index (χ2n) is 3.97. The van der Waals surface area contributed by atoms with Gasteiger partial charge in [-0.2, -0.15) is 0 Å². The van der Waals surface area contributed by atoms with Gasteiger partial charge < -0.3 is 5.32 Å². The van der Waals surface area contributed by atoms with Crippen LogP contribution in [0.15, 0.2) is 17.3 Å². The van der Waals surface area contributed by atoms with Crippen molar-refractivity contribution in [3.05, 3.63) is 23.4 Å². The summed E-state index contributed by atoms with van der Waals surface area (Å²) >= 11 is 1.49. The predicted molar refractivity (Wildman–Crippen MR) is 72.2 cm³/mol. The Balaban J connectivity index is 2.60. The van der Waals surface area contributed by atoms with E-state index in [0.717, 1.165) is 22.7 Å². The molecule has 0 unspecified atom stereocenters. The van der Waals surface area contributed by atoms with Gasteiger partial charge in [-0.25, -0.2) is 13.4 Å². The Morgan fingerprint density at radius 1 is 1.47 bits per heavy atom. The van der Waals surface area contributed by atoms with Gasteiger partial charge >= 0.3 is 0 Å². The highest BCUT2D eigenvalue weighted by molar-refractivity contribution is 8.00. The minimum Gasteiger partial charge on any atom is -0.316 e. The van der Waals surface area contributed by atoms with Crippen molar-refractivity contribution in [3.8, 4) is 0 Å². The van der Waals surface area contributed by atoms with E-state index in [0.29, 0.717) is 5.75 Å². The van der Waals surface area contributed by atoms with Crippen LogP contribution in [-0.4, -0.2) is 38.2 Å². The fourth-order valence-corrected chi connectivity index (χ4v) is 3.51. The molecule has 1 N–H and O–H groups in total. The van der Waals surface area contributed by atoms with Gasteiger partial charge in [-0.3, -0.25) is 0 Å². The van der Waals surface area contributed by atoms with Gasteiger partial charge in [0.15, 0.2) is 0 Å². The van der Waals surface area contributed by atoms with Crippen molar-refractivity contribution in [3.63, 3.8) is 0 Å². The number of aromatic nitrogens is 1. The summed E-state index contributed by atoms with van der Waals surface area (Å²) in [5, 5.41) is 3.98. The SMILES string of the molecule is CNCc1cnc(SCCS(C)(=O)=O)c(C)c1. The topological polar surface area (TPSA) is 59.1 Å². The Morgan fingerprint density at radius 3 is 2.71 bits per heavy atom. The first-order valence-electron chi connectivity index (χ1n) is 5.33. The summed E-state index contributed by atoms with van der Waals surface area (Å²) in [7, 11) is -0.990. The van der Waals surface area contributed by atoms with Crippen LogP contribution in [0.25, 0.3) is 0 Å². The van der Waals surface area contributed by atoms with E-state index in [1.54, 1.807) is 0 Å². The molecular formula is C11H18N2O2S2. The second kappa shape index (κ2) is 6.37. The summed E-state index contributed by atoms with van der Waals surface area (Å²) in [6.07, 6.45) is 3.08. The van der Waals surface area contributed by atoms with Gasteiger partial charge in [-0.15, -0.1) is 11.8 Å². The van der Waals surface area contributed by atoms with E-state index >= 15 is 0 Å². The Bertz CT molecular complexity index is 472. The van der Waals surface area contributed by atoms with E-state index in [9.17, 15) is 8.42 Å². The maximum atomic E-state index is 11.0. The first-order chi connectivity index (χ1) is 7.92. The molecule has 0 atom stereocenters. The molecule has 0 aliphatic carbocycles. The van der Waals surface area contributed by atoms with E-state index in [2.05, 4.69) is 16.4 Å². The van der Waals surface area contributed by atoms with E-state index in [1.165, 1.54) is 18.0 Å². The molecule has 1 aromatic rings. The van der Waals surface area contributed by atoms with Gasteiger partial charge in [0.2, 0.25) is 0 Å². The smallest absolute Gasteiger partial charge is 0.148 e. The lowest BCUT2D eigenvalue weighted by Crippen LogP contribution is -2.07. The molecule has 1 aromatic heterocycles. The van der Waals surface area contributed by atoms with Crippen LogP contribution < -0.4 is 5.32 Å². The van der Waals surface area contributed by atoms with Crippen LogP contribution in [0.4, 0.5) is 0 Å². The molecule has 0 radical (unpaired) electrons. The van der Waals surface area contributed by atoms with Crippen LogP contribution in [0.3, 0.4) is 0 Å². The first kappa shape index (κ1) is 14.5. The molecule has 0 fully saturated rings. The molecule has 0 bridgehead atoms. The zero-order valence-corrected chi connectivity index (χ0v) is 12.0. The lowest BCUT2D eigenvalue weighted by atomic mass is 10.2. The Hall–Kier alpha value is -0.590. The molecule has 0 spiro atoms. The standard InChI is InChI=1S/C11H18N2O2S2/c1-9-6-10(7-12-2)8-13-11(9)16-4-5-17(3,14)15/h6,8,12H,4-5,7H2,1-3H3. The summed E-state index contributed by atoms with van der Waals surface area (Å²) in [5.74, 6) is 0.745. The largest absolute Gasteiger partial charge is 0.316 e.